The van der Waals surface area contributed by atoms with Gasteiger partial charge in [0.1, 0.15) is 0 Å². The largest absolute Gasteiger partial charge is 0.299 e. The maximum Gasteiger partial charge on any atom is 0.0685 e. The van der Waals surface area contributed by atoms with Gasteiger partial charge >= 0.3 is 0 Å². The molecule has 0 aromatic heterocycles. The maximum atomic E-state index is 4.90. The van der Waals surface area contributed by atoms with Gasteiger partial charge in [-0.2, -0.15) is 5.25 Å². The van der Waals surface area contributed by atoms with Crippen molar-refractivity contribution in [2.24, 2.45) is 5.92 Å². The van der Waals surface area contributed by atoms with Gasteiger partial charge in [-0.3, -0.25) is 4.84 Å². The summed E-state index contributed by atoms with van der Waals surface area (Å²) in [7, 11) is 2.30. The fourth-order valence-corrected chi connectivity index (χ4v) is 0.741. The monoisotopic (exact) mass is 149 g/mol. The van der Waals surface area contributed by atoms with Gasteiger partial charge in [-0.05, 0) is 28.2 Å². The zero-order valence-electron chi connectivity index (χ0n) is 6.18. The van der Waals surface area contributed by atoms with Crippen LogP contribution in [0.1, 0.15) is 26.7 Å². The highest BCUT2D eigenvalue weighted by Crippen LogP contribution is 2.02. The first-order valence-corrected chi connectivity index (χ1v) is 3.92. The summed E-state index contributed by atoms with van der Waals surface area (Å²) in [4.78, 5) is 4.90. The van der Waals surface area contributed by atoms with Crippen LogP contribution in [0, 0.1) is 5.92 Å². The van der Waals surface area contributed by atoms with Gasteiger partial charge in [-0.15, -0.1) is 0 Å². The van der Waals surface area contributed by atoms with Gasteiger partial charge in [-0.1, -0.05) is 13.8 Å². The third kappa shape index (κ3) is 8.35. The molecule has 0 amide bonds. The fraction of sp³-hybridized carbons (Fsp3) is 1.00. The molecule has 56 valence electrons. The standard InChI is InChI=1S/C6H16NOP/c1-6(2)4-3-5-8-7-9/h6-7H,3-5,9H2,1-2H3. The first-order valence-electron chi connectivity index (χ1n) is 3.34. The second-order valence-electron chi connectivity index (χ2n) is 2.50. The van der Waals surface area contributed by atoms with E-state index in [2.05, 4.69) is 28.5 Å². The van der Waals surface area contributed by atoms with E-state index in [1.54, 1.807) is 0 Å². The molecule has 0 heterocycles. The van der Waals surface area contributed by atoms with E-state index in [0.717, 1.165) is 18.9 Å². The predicted molar refractivity (Wildman–Crippen MR) is 42.9 cm³/mol. The molecule has 0 saturated carbocycles. The van der Waals surface area contributed by atoms with Crippen molar-refractivity contribution in [1.29, 1.82) is 0 Å². The topological polar surface area (TPSA) is 21.3 Å². The van der Waals surface area contributed by atoms with Crippen LogP contribution in [-0.2, 0) is 4.84 Å². The lowest BCUT2D eigenvalue weighted by molar-refractivity contribution is 0.0949. The van der Waals surface area contributed by atoms with Crippen molar-refractivity contribution in [1.82, 2.24) is 5.25 Å². The Kier molecular flexibility index (Phi) is 6.72. The van der Waals surface area contributed by atoms with Crippen LogP contribution in [0.5, 0.6) is 0 Å². The molecular formula is C6H16NOP. The molecule has 0 aromatic rings. The second-order valence-corrected chi connectivity index (χ2v) is 2.74. The lowest BCUT2D eigenvalue weighted by atomic mass is 10.1. The molecule has 0 spiro atoms. The number of hydrogen-bond donors (Lipinski definition) is 1. The molecular weight excluding hydrogens is 133 g/mol. The van der Waals surface area contributed by atoms with Gasteiger partial charge in [0.05, 0.1) is 6.61 Å². The van der Waals surface area contributed by atoms with E-state index in [4.69, 9.17) is 4.84 Å². The van der Waals surface area contributed by atoms with Crippen LogP contribution in [0.4, 0.5) is 0 Å². The van der Waals surface area contributed by atoms with Crippen molar-refractivity contribution in [2.45, 2.75) is 26.7 Å². The zero-order valence-corrected chi connectivity index (χ0v) is 7.34. The van der Waals surface area contributed by atoms with Crippen molar-refractivity contribution in [2.75, 3.05) is 6.61 Å². The summed E-state index contributed by atoms with van der Waals surface area (Å²) in [5.74, 6) is 0.790. The lowest BCUT2D eigenvalue weighted by Crippen LogP contribution is -2.02. The fourth-order valence-electron chi connectivity index (χ4n) is 0.623. The predicted octanol–water partition coefficient (Wildman–Crippen LogP) is 1.73. The molecule has 0 rings (SSSR count). The summed E-state index contributed by atoms with van der Waals surface area (Å²) < 4.78 is 0. The molecule has 1 unspecified atom stereocenters. The molecule has 1 atom stereocenters. The van der Waals surface area contributed by atoms with E-state index in [1.807, 2.05) is 0 Å². The number of rotatable bonds is 5. The SMILES string of the molecule is CC(C)CCCONP. The third-order valence-corrected chi connectivity index (χ3v) is 1.28. The van der Waals surface area contributed by atoms with Crippen LogP contribution < -0.4 is 5.25 Å². The van der Waals surface area contributed by atoms with Crippen molar-refractivity contribution in [3.05, 3.63) is 0 Å². The molecule has 0 bridgehead atoms. The summed E-state index contributed by atoms with van der Waals surface area (Å²) in [6, 6.07) is 0. The smallest absolute Gasteiger partial charge is 0.0685 e. The van der Waals surface area contributed by atoms with Crippen LogP contribution in [0.2, 0.25) is 0 Å². The van der Waals surface area contributed by atoms with Crippen molar-refractivity contribution < 1.29 is 4.84 Å². The molecule has 2 nitrogen and oxygen atoms in total. The zero-order chi connectivity index (χ0) is 7.11. The van der Waals surface area contributed by atoms with E-state index >= 15 is 0 Å². The van der Waals surface area contributed by atoms with E-state index in [0.29, 0.717) is 0 Å². The highest BCUT2D eigenvalue weighted by molar-refractivity contribution is 7.13. The summed E-state index contributed by atoms with van der Waals surface area (Å²) in [5, 5.41) is 2.56. The molecule has 3 heteroatoms. The van der Waals surface area contributed by atoms with Gasteiger partial charge in [0.2, 0.25) is 0 Å². The molecule has 0 aliphatic rings. The Balaban J connectivity index is 2.75. The van der Waals surface area contributed by atoms with Crippen molar-refractivity contribution >= 4 is 9.39 Å². The molecule has 0 radical (unpaired) electrons. The Hall–Kier alpha value is 0.350. The Morgan fingerprint density at radius 1 is 1.56 bits per heavy atom. The summed E-state index contributed by atoms with van der Waals surface area (Å²) in [6.45, 7) is 5.24. The van der Waals surface area contributed by atoms with E-state index < -0.39 is 0 Å². The molecule has 0 aliphatic heterocycles. The van der Waals surface area contributed by atoms with Gasteiger partial charge in [-0.25, -0.2) is 0 Å². The lowest BCUT2D eigenvalue weighted by Gasteiger charge is -2.03. The Bertz CT molecular complexity index is 59.0. The third-order valence-electron chi connectivity index (χ3n) is 1.11. The molecule has 0 aliphatic carbocycles. The van der Waals surface area contributed by atoms with Crippen LogP contribution in [-0.4, -0.2) is 6.61 Å². The molecule has 0 saturated heterocycles. The van der Waals surface area contributed by atoms with Gasteiger partial charge in [0.15, 0.2) is 0 Å². The Labute approximate surface area is 59.6 Å². The summed E-state index contributed by atoms with van der Waals surface area (Å²) in [6.07, 6.45) is 2.38. The highest BCUT2D eigenvalue weighted by atomic mass is 31.0. The van der Waals surface area contributed by atoms with Gasteiger partial charge < -0.3 is 0 Å². The molecule has 9 heavy (non-hydrogen) atoms. The second kappa shape index (κ2) is 6.47. The number of nitrogens with one attached hydrogen (secondary N) is 1. The average Bonchev–Trinajstić information content (AvgIpc) is 1.80. The quantitative estimate of drug-likeness (QED) is 0.365. The number of hydrogen-bond acceptors (Lipinski definition) is 2. The first-order chi connectivity index (χ1) is 4.27. The van der Waals surface area contributed by atoms with Crippen LogP contribution in [0.15, 0.2) is 0 Å². The average molecular weight is 149 g/mol. The van der Waals surface area contributed by atoms with Crippen LogP contribution >= 0.6 is 9.39 Å². The normalized spacial score (nSPS) is 10.7. The molecule has 0 aromatic carbocycles. The van der Waals surface area contributed by atoms with E-state index in [9.17, 15) is 0 Å². The van der Waals surface area contributed by atoms with Crippen molar-refractivity contribution in [3.63, 3.8) is 0 Å². The molecule has 1 N–H and O–H groups in total. The minimum absolute atomic E-state index is 0.790. The Morgan fingerprint density at radius 2 is 2.22 bits per heavy atom. The van der Waals surface area contributed by atoms with E-state index in [1.165, 1.54) is 6.42 Å². The Morgan fingerprint density at radius 3 is 2.67 bits per heavy atom. The van der Waals surface area contributed by atoms with Crippen molar-refractivity contribution in [3.8, 4) is 0 Å². The van der Waals surface area contributed by atoms with Gasteiger partial charge in [0.25, 0.3) is 0 Å². The maximum absolute atomic E-state index is 4.90. The summed E-state index contributed by atoms with van der Waals surface area (Å²) in [5.41, 5.74) is 0. The first kappa shape index (κ1) is 9.35. The summed E-state index contributed by atoms with van der Waals surface area (Å²) >= 11 is 0. The van der Waals surface area contributed by atoms with Gasteiger partial charge in [0, 0.05) is 0 Å². The highest BCUT2D eigenvalue weighted by Gasteiger charge is 1.92. The van der Waals surface area contributed by atoms with E-state index in [-0.39, 0.29) is 0 Å². The molecule has 0 fully saturated rings. The van der Waals surface area contributed by atoms with Crippen LogP contribution in [0.3, 0.4) is 0 Å². The minimum Gasteiger partial charge on any atom is -0.299 e. The minimum atomic E-state index is 0.790. The van der Waals surface area contributed by atoms with Crippen LogP contribution in [0.25, 0.3) is 0 Å².